The van der Waals surface area contributed by atoms with E-state index in [4.69, 9.17) is 11.6 Å². The molecule has 29 heavy (non-hydrogen) atoms. The Kier molecular flexibility index (Phi) is 5.94. The summed E-state index contributed by atoms with van der Waals surface area (Å²) >= 11 is 6.17. The van der Waals surface area contributed by atoms with Crippen LogP contribution in [0.3, 0.4) is 0 Å². The maximum Gasteiger partial charge on any atom is 0.337 e. The molecule has 2 aromatic rings. The summed E-state index contributed by atoms with van der Waals surface area (Å²) in [6.45, 7) is 2.52. The van der Waals surface area contributed by atoms with Crippen molar-refractivity contribution in [2.45, 2.75) is 24.3 Å². The minimum absolute atomic E-state index is 0.00742. The molecule has 1 aliphatic heterocycles. The second-order valence-corrected chi connectivity index (χ2v) is 8.53. The Bertz CT molecular complexity index is 1040. The van der Waals surface area contributed by atoms with Crippen LogP contribution in [-0.4, -0.2) is 49.6 Å². The lowest BCUT2D eigenvalue weighted by Crippen LogP contribution is -2.61. The second-order valence-electron chi connectivity index (χ2n) is 6.44. The molecule has 2 heterocycles. The summed E-state index contributed by atoms with van der Waals surface area (Å²) in [5.41, 5.74) is 0.474. The van der Waals surface area contributed by atoms with E-state index in [1.165, 1.54) is 18.2 Å². The molecule has 9 nitrogen and oxygen atoms in total. The van der Waals surface area contributed by atoms with Gasteiger partial charge in [0, 0.05) is 13.1 Å². The number of benzene rings is 1. The number of aryl methyl sites for hydroxylation is 1. The van der Waals surface area contributed by atoms with Crippen LogP contribution in [0, 0.1) is 0 Å². The highest BCUT2D eigenvalue weighted by atomic mass is 35.5. The molecule has 1 aliphatic rings. The normalized spacial score (nSPS) is 14.2. The number of carbonyl (C=O) groups is 2. The largest absolute Gasteiger partial charge is 0.478 e. The standard InChI is InChI=1S/C18H19ClN4O5S/c1-2-15-13(17(24)25)8-14(19)16(21-15)23-9-11(10-23)20-18(26)22-29(27,28)12-6-4-3-5-7-12/h3-8,11H,2,9-10H2,1H3,(H,24,25)(H2,20,22,26). The van der Waals surface area contributed by atoms with Crippen LogP contribution in [0.5, 0.6) is 0 Å². The number of aromatic carboxylic acids is 1. The minimum atomic E-state index is -3.95. The lowest BCUT2D eigenvalue weighted by molar-refractivity contribution is 0.0695. The number of aromatic nitrogens is 1. The molecule has 1 fully saturated rings. The van der Waals surface area contributed by atoms with E-state index in [-0.39, 0.29) is 21.5 Å². The van der Waals surface area contributed by atoms with Crippen LogP contribution >= 0.6 is 11.6 Å². The predicted molar refractivity (Wildman–Crippen MR) is 107 cm³/mol. The topological polar surface area (TPSA) is 129 Å². The van der Waals surface area contributed by atoms with Gasteiger partial charge in [0.05, 0.1) is 27.2 Å². The maximum atomic E-state index is 12.2. The lowest BCUT2D eigenvalue weighted by atomic mass is 10.1. The average Bonchev–Trinajstić information content (AvgIpc) is 2.64. The number of pyridine rings is 1. The van der Waals surface area contributed by atoms with Crippen LogP contribution in [-0.2, 0) is 16.4 Å². The van der Waals surface area contributed by atoms with Crippen LogP contribution < -0.4 is 14.9 Å². The van der Waals surface area contributed by atoms with Crippen LogP contribution in [0.4, 0.5) is 10.6 Å². The molecule has 0 saturated carbocycles. The highest BCUT2D eigenvalue weighted by Gasteiger charge is 2.32. The van der Waals surface area contributed by atoms with E-state index in [1.807, 2.05) is 4.72 Å². The molecule has 154 valence electrons. The van der Waals surface area contributed by atoms with Crippen LogP contribution in [0.25, 0.3) is 0 Å². The van der Waals surface area contributed by atoms with E-state index in [0.717, 1.165) is 0 Å². The fourth-order valence-corrected chi connectivity index (χ4v) is 4.14. The van der Waals surface area contributed by atoms with Gasteiger partial charge < -0.3 is 15.3 Å². The quantitative estimate of drug-likeness (QED) is 0.627. The number of sulfonamides is 1. The molecular formula is C18H19ClN4O5S. The van der Waals surface area contributed by atoms with Crippen LogP contribution in [0.2, 0.25) is 5.02 Å². The van der Waals surface area contributed by atoms with Gasteiger partial charge in [0.2, 0.25) is 0 Å². The van der Waals surface area contributed by atoms with Crippen molar-refractivity contribution in [3.8, 4) is 0 Å². The Hall–Kier alpha value is -2.85. The molecule has 0 bridgehead atoms. The maximum absolute atomic E-state index is 12.2. The number of nitrogens with zero attached hydrogens (tertiary/aromatic N) is 2. The van der Waals surface area contributed by atoms with Crippen molar-refractivity contribution >= 4 is 39.4 Å². The van der Waals surface area contributed by atoms with Crippen molar-refractivity contribution in [2.75, 3.05) is 18.0 Å². The number of anilines is 1. The summed E-state index contributed by atoms with van der Waals surface area (Å²) in [6.07, 6.45) is 0.432. The SMILES string of the molecule is CCc1nc(N2CC(NC(=O)NS(=O)(=O)c3ccccc3)C2)c(Cl)cc1C(=O)O. The Balaban J connectivity index is 1.60. The number of carbonyl (C=O) groups excluding carboxylic acids is 1. The Morgan fingerprint density at radius 1 is 1.28 bits per heavy atom. The number of nitrogens with one attached hydrogen (secondary N) is 2. The van der Waals surface area contributed by atoms with E-state index >= 15 is 0 Å². The number of urea groups is 1. The molecule has 1 saturated heterocycles. The first-order chi connectivity index (χ1) is 13.7. The lowest BCUT2D eigenvalue weighted by Gasteiger charge is -2.40. The van der Waals surface area contributed by atoms with Gasteiger partial charge in [0.1, 0.15) is 5.82 Å². The fourth-order valence-electron chi connectivity index (χ4n) is 2.93. The van der Waals surface area contributed by atoms with Crippen molar-refractivity contribution in [2.24, 2.45) is 0 Å². The van der Waals surface area contributed by atoms with Crippen LogP contribution in [0.1, 0.15) is 23.0 Å². The van der Waals surface area contributed by atoms with E-state index in [2.05, 4.69) is 10.3 Å². The van der Waals surface area contributed by atoms with Crippen LogP contribution in [0.15, 0.2) is 41.3 Å². The van der Waals surface area contributed by atoms with E-state index < -0.39 is 22.0 Å². The first kappa shape index (κ1) is 20.9. The summed E-state index contributed by atoms with van der Waals surface area (Å²) in [7, 11) is -3.95. The van der Waals surface area contributed by atoms with Gasteiger partial charge in [0.15, 0.2) is 0 Å². The number of hydrogen-bond acceptors (Lipinski definition) is 6. The zero-order chi connectivity index (χ0) is 21.2. The van der Waals surface area contributed by atoms with Gasteiger partial charge in [-0.15, -0.1) is 0 Å². The molecule has 0 unspecified atom stereocenters. The van der Waals surface area contributed by atoms with Crippen molar-refractivity contribution in [3.63, 3.8) is 0 Å². The Morgan fingerprint density at radius 3 is 2.52 bits per heavy atom. The van der Waals surface area contributed by atoms with Gasteiger partial charge >= 0.3 is 12.0 Å². The third-order valence-corrected chi connectivity index (χ3v) is 6.02. The minimum Gasteiger partial charge on any atom is -0.478 e. The van der Waals surface area contributed by atoms with Gasteiger partial charge in [-0.2, -0.15) is 0 Å². The number of rotatable bonds is 6. The summed E-state index contributed by atoms with van der Waals surface area (Å²) < 4.78 is 26.3. The summed E-state index contributed by atoms with van der Waals surface area (Å²) in [5, 5.41) is 12.0. The van der Waals surface area contributed by atoms with E-state index in [9.17, 15) is 23.1 Å². The highest BCUT2D eigenvalue weighted by Crippen LogP contribution is 2.29. The molecule has 11 heteroatoms. The molecule has 0 aliphatic carbocycles. The van der Waals surface area contributed by atoms with E-state index in [1.54, 1.807) is 30.0 Å². The Morgan fingerprint density at radius 2 is 1.93 bits per heavy atom. The van der Waals surface area contributed by atoms with Crippen molar-refractivity contribution in [3.05, 3.63) is 52.7 Å². The molecule has 3 N–H and O–H groups in total. The first-order valence-electron chi connectivity index (χ1n) is 8.77. The number of carboxylic acids is 1. The zero-order valence-corrected chi connectivity index (χ0v) is 17.0. The summed E-state index contributed by atoms with van der Waals surface area (Å²) in [6, 6.07) is 7.82. The van der Waals surface area contributed by atoms with Gasteiger partial charge in [0.25, 0.3) is 10.0 Å². The van der Waals surface area contributed by atoms with Gasteiger partial charge in [-0.25, -0.2) is 27.7 Å². The molecule has 1 aromatic heterocycles. The zero-order valence-electron chi connectivity index (χ0n) is 15.4. The Labute approximate surface area is 172 Å². The number of halogens is 1. The highest BCUT2D eigenvalue weighted by molar-refractivity contribution is 7.90. The molecule has 3 rings (SSSR count). The summed E-state index contributed by atoms with van der Waals surface area (Å²) in [4.78, 5) is 29.4. The fraction of sp³-hybridized carbons (Fsp3) is 0.278. The molecular weight excluding hydrogens is 420 g/mol. The van der Waals surface area contributed by atoms with Gasteiger partial charge in [-0.1, -0.05) is 36.7 Å². The van der Waals surface area contributed by atoms with Crippen molar-refractivity contribution in [1.82, 2.24) is 15.0 Å². The second kappa shape index (κ2) is 8.26. The number of carboxylic acid groups (broad SMARTS) is 1. The predicted octanol–water partition coefficient (Wildman–Crippen LogP) is 1.87. The molecule has 0 radical (unpaired) electrons. The average molecular weight is 439 g/mol. The monoisotopic (exact) mass is 438 g/mol. The number of hydrogen-bond donors (Lipinski definition) is 3. The van der Waals surface area contributed by atoms with Gasteiger partial charge in [-0.05, 0) is 24.6 Å². The third-order valence-electron chi connectivity index (χ3n) is 4.40. The molecule has 2 amide bonds. The van der Waals surface area contributed by atoms with Crippen molar-refractivity contribution in [1.29, 1.82) is 0 Å². The van der Waals surface area contributed by atoms with E-state index in [0.29, 0.717) is 31.0 Å². The smallest absolute Gasteiger partial charge is 0.337 e. The summed E-state index contributed by atoms with van der Waals surface area (Å²) in [5.74, 6) is -0.661. The third kappa shape index (κ3) is 4.60. The molecule has 0 spiro atoms. The van der Waals surface area contributed by atoms with Gasteiger partial charge in [-0.3, -0.25) is 0 Å². The number of amides is 2. The molecule has 0 atom stereocenters. The molecule has 1 aromatic carbocycles. The van der Waals surface area contributed by atoms with Crippen molar-refractivity contribution < 1.29 is 23.1 Å². The first-order valence-corrected chi connectivity index (χ1v) is 10.6.